The summed E-state index contributed by atoms with van der Waals surface area (Å²) in [5, 5.41) is 13.7. The van der Waals surface area contributed by atoms with E-state index in [0.717, 1.165) is 6.26 Å². The summed E-state index contributed by atoms with van der Waals surface area (Å²) in [6.07, 6.45) is 3.16. The Morgan fingerprint density at radius 3 is 2.67 bits per heavy atom. The third kappa shape index (κ3) is 3.68. The SMILES string of the molecule is CCC(C)(O)CNc1ncnc2ccc(S(C)(=O)=O)cc12. The second kappa shape index (κ2) is 5.57. The van der Waals surface area contributed by atoms with Crippen molar-refractivity contribution in [1.82, 2.24) is 9.97 Å². The van der Waals surface area contributed by atoms with Crippen molar-refractivity contribution >= 4 is 26.6 Å². The summed E-state index contributed by atoms with van der Waals surface area (Å²) in [5.41, 5.74) is -0.206. The summed E-state index contributed by atoms with van der Waals surface area (Å²) in [5.74, 6) is 0.513. The van der Waals surface area contributed by atoms with Crippen LogP contribution in [0.25, 0.3) is 10.9 Å². The maximum atomic E-state index is 11.7. The highest BCUT2D eigenvalue weighted by Crippen LogP contribution is 2.23. The highest BCUT2D eigenvalue weighted by Gasteiger charge is 2.18. The lowest BCUT2D eigenvalue weighted by atomic mass is 10.0. The molecule has 6 nitrogen and oxygen atoms in total. The topological polar surface area (TPSA) is 92.2 Å². The minimum atomic E-state index is -3.29. The molecule has 7 heteroatoms. The first kappa shape index (κ1) is 15.7. The maximum absolute atomic E-state index is 11.7. The minimum absolute atomic E-state index is 0.218. The second-order valence-corrected chi connectivity index (χ2v) is 7.39. The van der Waals surface area contributed by atoms with Crippen molar-refractivity contribution in [1.29, 1.82) is 0 Å². The molecule has 0 spiro atoms. The zero-order chi connectivity index (χ0) is 15.7. The predicted molar refractivity (Wildman–Crippen MR) is 82.1 cm³/mol. The molecule has 0 bridgehead atoms. The fraction of sp³-hybridized carbons (Fsp3) is 0.429. The second-order valence-electron chi connectivity index (χ2n) is 5.38. The molecular weight excluding hydrogens is 290 g/mol. The fourth-order valence-corrected chi connectivity index (χ4v) is 2.45. The lowest BCUT2D eigenvalue weighted by molar-refractivity contribution is 0.0697. The van der Waals surface area contributed by atoms with E-state index >= 15 is 0 Å². The van der Waals surface area contributed by atoms with Crippen molar-refractivity contribution in [2.45, 2.75) is 30.8 Å². The van der Waals surface area contributed by atoms with Crippen LogP contribution < -0.4 is 5.32 Å². The summed E-state index contributed by atoms with van der Waals surface area (Å²) < 4.78 is 23.3. The van der Waals surface area contributed by atoms with Crippen LogP contribution in [0.2, 0.25) is 0 Å². The van der Waals surface area contributed by atoms with E-state index in [4.69, 9.17) is 0 Å². The van der Waals surface area contributed by atoms with Gasteiger partial charge in [0.2, 0.25) is 0 Å². The molecule has 21 heavy (non-hydrogen) atoms. The first-order valence-electron chi connectivity index (χ1n) is 6.64. The zero-order valence-corrected chi connectivity index (χ0v) is 13.1. The molecule has 1 heterocycles. The number of hydrogen-bond acceptors (Lipinski definition) is 6. The van der Waals surface area contributed by atoms with Crippen LogP contribution in [0.5, 0.6) is 0 Å². The summed E-state index contributed by atoms with van der Waals surface area (Å²) in [4.78, 5) is 8.48. The quantitative estimate of drug-likeness (QED) is 0.871. The number of sulfone groups is 1. The molecule has 1 unspecified atom stereocenters. The first-order valence-corrected chi connectivity index (χ1v) is 8.53. The molecule has 0 saturated carbocycles. The van der Waals surface area contributed by atoms with Gasteiger partial charge in [-0.2, -0.15) is 0 Å². The van der Waals surface area contributed by atoms with Crippen molar-refractivity contribution in [3.8, 4) is 0 Å². The van der Waals surface area contributed by atoms with Gasteiger partial charge in [0, 0.05) is 18.2 Å². The van der Waals surface area contributed by atoms with Gasteiger partial charge in [0.15, 0.2) is 9.84 Å². The molecule has 2 rings (SSSR count). The van der Waals surface area contributed by atoms with Crippen molar-refractivity contribution < 1.29 is 13.5 Å². The summed E-state index contributed by atoms with van der Waals surface area (Å²) in [6, 6.07) is 4.72. The largest absolute Gasteiger partial charge is 0.388 e. The highest BCUT2D eigenvalue weighted by atomic mass is 32.2. The van der Waals surface area contributed by atoms with Gasteiger partial charge in [0.1, 0.15) is 12.1 Å². The number of benzene rings is 1. The van der Waals surface area contributed by atoms with Crippen molar-refractivity contribution in [2.24, 2.45) is 0 Å². The Morgan fingerprint density at radius 2 is 2.05 bits per heavy atom. The van der Waals surface area contributed by atoms with E-state index in [1.165, 1.54) is 12.4 Å². The van der Waals surface area contributed by atoms with Crippen LogP contribution in [0.1, 0.15) is 20.3 Å². The van der Waals surface area contributed by atoms with Crippen LogP contribution in [0, 0.1) is 0 Å². The van der Waals surface area contributed by atoms with Crippen LogP contribution in [-0.4, -0.2) is 41.9 Å². The van der Waals surface area contributed by atoms with E-state index in [9.17, 15) is 13.5 Å². The van der Waals surface area contributed by atoms with Gasteiger partial charge in [0.05, 0.1) is 16.0 Å². The Labute approximate surface area is 124 Å². The van der Waals surface area contributed by atoms with Crippen LogP contribution in [0.15, 0.2) is 29.4 Å². The Balaban J connectivity index is 2.44. The number of aliphatic hydroxyl groups is 1. The number of nitrogens with one attached hydrogen (secondary N) is 1. The van der Waals surface area contributed by atoms with E-state index in [1.54, 1.807) is 19.1 Å². The third-order valence-electron chi connectivity index (χ3n) is 3.43. The van der Waals surface area contributed by atoms with Gasteiger partial charge in [-0.3, -0.25) is 0 Å². The lowest BCUT2D eigenvalue weighted by Crippen LogP contribution is -2.32. The van der Waals surface area contributed by atoms with E-state index in [1.807, 2.05) is 6.92 Å². The molecule has 2 N–H and O–H groups in total. The van der Waals surface area contributed by atoms with Crippen LogP contribution in [-0.2, 0) is 9.84 Å². The van der Waals surface area contributed by atoms with Crippen molar-refractivity contribution in [3.63, 3.8) is 0 Å². The van der Waals surface area contributed by atoms with Crippen molar-refractivity contribution in [2.75, 3.05) is 18.1 Å². The van der Waals surface area contributed by atoms with E-state index in [0.29, 0.717) is 29.7 Å². The standard InChI is InChI=1S/C14H19N3O3S/c1-4-14(2,18)8-15-13-11-7-10(21(3,19)20)5-6-12(11)16-9-17-13/h5-7,9,18H,4,8H2,1-3H3,(H,15,16,17). The lowest BCUT2D eigenvalue weighted by Gasteiger charge is -2.22. The number of nitrogens with zero attached hydrogens (tertiary/aromatic N) is 2. The molecule has 1 atom stereocenters. The monoisotopic (exact) mass is 309 g/mol. The molecule has 0 aliphatic rings. The Kier molecular flexibility index (Phi) is 4.15. The van der Waals surface area contributed by atoms with Gasteiger partial charge in [-0.05, 0) is 31.5 Å². The van der Waals surface area contributed by atoms with Crippen molar-refractivity contribution in [3.05, 3.63) is 24.5 Å². The molecule has 0 fully saturated rings. The predicted octanol–water partition coefficient (Wildman–Crippen LogP) is 1.61. The average Bonchev–Trinajstić information content (AvgIpc) is 2.43. The molecule has 0 saturated heterocycles. The molecule has 1 aromatic heterocycles. The number of aromatic nitrogens is 2. The number of hydrogen-bond donors (Lipinski definition) is 2. The first-order chi connectivity index (χ1) is 9.73. The normalized spacial score (nSPS) is 14.9. The van der Waals surface area contributed by atoms with Gasteiger partial charge in [-0.1, -0.05) is 6.92 Å². The molecule has 1 aromatic carbocycles. The Bertz CT molecular complexity index is 757. The summed E-state index contributed by atoms with van der Waals surface area (Å²) in [7, 11) is -3.29. The number of rotatable bonds is 5. The number of fused-ring (bicyclic) bond motifs is 1. The maximum Gasteiger partial charge on any atom is 0.175 e. The van der Waals surface area contributed by atoms with Gasteiger partial charge < -0.3 is 10.4 Å². The third-order valence-corrected chi connectivity index (χ3v) is 4.54. The highest BCUT2D eigenvalue weighted by molar-refractivity contribution is 7.90. The van der Waals surface area contributed by atoms with Crippen LogP contribution in [0.3, 0.4) is 0 Å². The Hall–Kier alpha value is -1.73. The summed E-state index contributed by atoms with van der Waals surface area (Å²) in [6.45, 7) is 3.94. The van der Waals surface area contributed by atoms with Gasteiger partial charge in [-0.25, -0.2) is 18.4 Å². The number of anilines is 1. The minimum Gasteiger partial charge on any atom is -0.388 e. The molecule has 114 valence electrons. The molecule has 0 radical (unpaired) electrons. The average molecular weight is 309 g/mol. The van der Waals surface area contributed by atoms with Gasteiger partial charge in [-0.15, -0.1) is 0 Å². The van der Waals surface area contributed by atoms with E-state index in [-0.39, 0.29) is 4.90 Å². The van der Waals surface area contributed by atoms with E-state index < -0.39 is 15.4 Å². The fourth-order valence-electron chi connectivity index (χ4n) is 1.81. The zero-order valence-electron chi connectivity index (χ0n) is 12.3. The molecule has 2 aromatic rings. The van der Waals surface area contributed by atoms with Crippen LogP contribution >= 0.6 is 0 Å². The molecule has 0 aliphatic carbocycles. The van der Waals surface area contributed by atoms with Gasteiger partial charge >= 0.3 is 0 Å². The molecule has 0 amide bonds. The molecule has 0 aliphatic heterocycles. The Morgan fingerprint density at radius 1 is 1.33 bits per heavy atom. The molecular formula is C14H19N3O3S. The smallest absolute Gasteiger partial charge is 0.175 e. The van der Waals surface area contributed by atoms with Gasteiger partial charge in [0.25, 0.3) is 0 Å². The van der Waals surface area contributed by atoms with Crippen LogP contribution in [0.4, 0.5) is 5.82 Å². The van der Waals surface area contributed by atoms with E-state index in [2.05, 4.69) is 15.3 Å². The summed E-state index contributed by atoms with van der Waals surface area (Å²) >= 11 is 0.